The molecule has 2 rings (SSSR count). The molecule has 1 aliphatic rings. The Morgan fingerprint density at radius 1 is 1.40 bits per heavy atom. The summed E-state index contributed by atoms with van der Waals surface area (Å²) in [6, 6.07) is 3.66. The number of carbonyl (C=O) groups is 1. The van der Waals surface area contributed by atoms with E-state index in [1.165, 1.54) is 0 Å². The Bertz CT molecular complexity index is 569. The molecule has 1 aliphatic heterocycles. The number of hydrogen-bond acceptors (Lipinski definition) is 6. The van der Waals surface area contributed by atoms with Crippen molar-refractivity contribution in [1.82, 2.24) is 9.88 Å². The third kappa shape index (κ3) is 6.29. The van der Waals surface area contributed by atoms with Crippen LogP contribution in [-0.2, 0) is 9.47 Å². The summed E-state index contributed by atoms with van der Waals surface area (Å²) in [4.78, 5) is 18.7. The highest BCUT2D eigenvalue weighted by molar-refractivity contribution is 5.91. The van der Waals surface area contributed by atoms with Crippen LogP contribution in [0, 0.1) is 0 Å². The number of esters is 1. The second-order valence-electron chi connectivity index (χ2n) is 7.62. The van der Waals surface area contributed by atoms with Gasteiger partial charge in [0, 0.05) is 18.8 Å². The second-order valence-corrected chi connectivity index (χ2v) is 7.62. The molecular weight excluding hydrogens is 320 g/mol. The van der Waals surface area contributed by atoms with Crippen LogP contribution in [0.25, 0.3) is 0 Å². The molecule has 1 saturated heterocycles. The van der Waals surface area contributed by atoms with E-state index in [4.69, 9.17) is 14.2 Å². The number of nitrogens with zero attached hydrogens (tertiary/aromatic N) is 2. The summed E-state index contributed by atoms with van der Waals surface area (Å²) >= 11 is 0. The average molecular weight is 350 g/mol. The Balaban J connectivity index is 1.95. The van der Waals surface area contributed by atoms with Crippen molar-refractivity contribution in [1.29, 1.82) is 0 Å². The molecule has 0 amide bonds. The molecule has 0 aliphatic carbocycles. The van der Waals surface area contributed by atoms with Gasteiger partial charge in [-0.25, -0.2) is 9.78 Å². The molecule has 25 heavy (non-hydrogen) atoms. The molecule has 0 radical (unpaired) electrons. The minimum absolute atomic E-state index is 0.164. The third-order valence-corrected chi connectivity index (χ3v) is 3.91. The van der Waals surface area contributed by atoms with Crippen LogP contribution in [0.4, 0.5) is 0 Å². The number of likely N-dealkylation sites (tertiary alicyclic amines) is 1. The van der Waals surface area contributed by atoms with Crippen molar-refractivity contribution in [2.75, 3.05) is 19.9 Å². The maximum Gasteiger partial charge on any atom is 0.343 e. The average Bonchev–Trinajstić information content (AvgIpc) is 2.97. The van der Waals surface area contributed by atoms with Crippen molar-refractivity contribution in [3.8, 4) is 5.88 Å². The van der Waals surface area contributed by atoms with Gasteiger partial charge in [0.1, 0.15) is 18.9 Å². The molecule has 1 fully saturated rings. The van der Waals surface area contributed by atoms with Gasteiger partial charge in [-0.3, -0.25) is 4.90 Å². The lowest BCUT2D eigenvalue weighted by atomic mass is 10.2. The van der Waals surface area contributed by atoms with Crippen LogP contribution in [0.15, 0.2) is 18.3 Å². The Morgan fingerprint density at radius 3 is 2.84 bits per heavy atom. The van der Waals surface area contributed by atoms with Crippen molar-refractivity contribution in [2.45, 2.75) is 65.2 Å². The molecule has 1 unspecified atom stereocenters. The van der Waals surface area contributed by atoms with Crippen molar-refractivity contribution in [3.05, 3.63) is 23.9 Å². The van der Waals surface area contributed by atoms with Crippen LogP contribution in [0.5, 0.6) is 5.88 Å². The zero-order valence-electron chi connectivity index (χ0n) is 15.9. The van der Waals surface area contributed by atoms with E-state index in [0.29, 0.717) is 24.8 Å². The predicted octanol–water partition coefficient (Wildman–Crippen LogP) is 3.26. The standard InChI is InChI=1S/C19H30N2O4/c1-14(2)25-18(22)16-9-6-10-20-17(16)23-12-15-8-7-11-21(15)13-24-19(3,4)5/h6,9-10,14-15H,7-8,11-13H2,1-5H3. The predicted molar refractivity (Wildman–Crippen MR) is 95.7 cm³/mol. The fourth-order valence-electron chi connectivity index (χ4n) is 2.64. The summed E-state index contributed by atoms with van der Waals surface area (Å²) in [5.41, 5.74) is 0.203. The van der Waals surface area contributed by atoms with Gasteiger partial charge in [-0.2, -0.15) is 0 Å². The molecule has 0 bridgehead atoms. The van der Waals surface area contributed by atoms with Gasteiger partial charge in [-0.15, -0.1) is 0 Å². The maximum absolute atomic E-state index is 12.2. The summed E-state index contributed by atoms with van der Waals surface area (Å²) in [6.07, 6.45) is 3.61. The molecule has 0 aromatic carbocycles. The number of rotatable bonds is 7. The van der Waals surface area contributed by atoms with Gasteiger partial charge in [-0.1, -0.05) is 0 Å². The summed E-state index contributed by atoms with van der Waals surface area (Å²) in [6.45, 7) is 11.9. The summed E-state index contributed by atoms with van der Waals surface area (Å²) < 4.78 is 17.0. The minimum atomic E-state index is -0.405. The van der Waals surface area contributed by atoms with E-state index >= 15 is 0 Å². The second kappa shape index (κ2) is 8.63. The number of hydrogen-bond donors (Lipinski definition) is 0. The van der Waals surface area contributed by atoms with Crippen LogP contribution >= 0.6 is 0 Å². The van der Waals surface area contributed by atoms with Crippen molar-refractivity contribution in [3.63, 3.8) is 0 Å². The highest BCUT2D eigenvalue weighted by Crippen LogP contribution is 2.22. The van der Waals surface area contributed by atoms with Gasteiger partial charge >= 0.3 is 5.97 Å². The van der Waals surface area contributed by atoms with Crippen LogP contribution in [0.3, 0.4) is 0 Å². The monoisotopic (exact) mass is 350 g/mol. The van der Waals surface area contributed by atoms with E-state index in [1.54, 1.807) is 18.3 Å². The van der Waals surface area contributed by atoms with Gasteiger partial charge < -0.3 is 14.2 Å². The van der Waals surface area contributed by atoms with E-state index < -0.39 is 5.97 Å². The Morgan fingerprint density at radius 2 is 2.16 bits per heavy atom. The van der Waals surface area contributed by atoms with Gasteiger partial charge in [0.05, 0.1) is 11.7 Å². The zero-order valence-corrected chi connectivity index (χ0v) is 15.9. The first-order valence-electron chi connectivity index (χ1n) is 8.93. The van der Waals surface area contributed by atoms with Crippen molar-refractivity contribution < 1.29 is 19.0 Å². The Kier molecular flexibility index (Phi) is 6.79. The minimum Gasteiger partial charge on any atom is -0.475 e. The number of carbonyl (C=O) groups excluding carboxylic acids is 1. The highest BCUT2D eigenvalue weighted by Gasteiger charge is 2.27. The van der Waals surface area contributed by atoms with Gasteiger partial charge in [0.15, 0.2) is 0 Å². The highest BCUT2D eigenvalue weighted by atomic mass is 16.5. The lowest BCUT2D eigenvalue weighted by molar-refractivity contribution is -0.0708. The fourth-order valence-corrected chi connectivity index (χ4v) is 2.64. The first-order chi connectivity index (χ1) is 11.8. The van der Waals surface area contributed by atoms with E-state index in [-0.39, 0.29) is 17.7 Å². The maximum atomic E-state index is 12.2. The first kappa shape index (κ1) is 19.7. The first-order valence-corrected chi connectivity index (χ1v) is 8.93. The van der Waals surface area contributed by atoms with Gasteiger partial charge in [-0.05, 0) is 59.6 Å². The van der Waals surface area contributed by atoms with Crippen LogP contribution in [0.1, 0.15) is 57.8 Å². The summed E-state index contributed by atoms with van der Waals surface area (Å²) in [5.74, 6) is -0.0748. The molecule has 6 nitrogen and oxygen atoms in total. The van der Waals surface area contributed by atoms with Gasteiger partial charge in [0.25, 0.3) is 0 Å². The Labute approximate surface area is 150 Å². The van der Waals surface area contributed by atoms with Crippen LogP contribution in [0.2, 0.25) is 0 Å². The molecular formula is C19H30N2O4. The van der Waals surface area contributed by atoms with E-state index in [9.17, 15) is 4.79 Å². The summed E-state index contributed by atoms with van der Waals surface area (Å²) in [7, 11) is 0. The topological polar surface area (TPSA) is 60.9 Å². The fraction of sp³-hybridized carbons (Fsp3) is 0.684. The number of pyridine rings is 1. The largest absolute Gasteiger partial charge is 0.475 e. The number of aromatic nitrogens is 1. The molecule has 1 aromatic rings. The smallest absolute Gasteiger partial charge is 0.343 e. The quantitative estimate of drug-likeness (QED) is 0.704. The molecule has 6 heteroatoms. The van der Waals surface area contributed by atoms with Crippen LogP contribution in [-0.4, -0.2) is 53.5 Å². The normalized spacial score (nSPS) is 18.6. The molecule has 140 valence electrons. The molecule has 1 aromatic heterocycles. The third-order valence-electron chi connectivity index (χ3n) is 3.91. The lowest BCUT2D eigenvalue weighted by Gasteiger charge is -2.28. The van der Waals surface area contributed by atoms with E-state index in [1.807, 2.05) is 13.8 Å². The molecule has 1 atom stereocenters. The van der Waals surface area contributed by atoms with Crippen LogP contribution < -0.4 is 4.74 Å². The molecule has 0 spiro atoms. The molecule has 0 N–H and O–H groups in total. The SMILES string of the molecule is CC(C)OC(=O)c1cccnc1OCC1CCCN1COC(C)(C)C. The van der Waals surface area contributed by atoms with Crippen molar-refractivity contribution in [2.24, 2.45) is 0 Å². The molecule has 2 heterocycles. The van der Waals surface area contributed by atoms with Gasteiger partial charge in [0.2, 0.25) is 5.88 Å². The Hall–Kier alpha value is -1.66. The number of ether oxygens (including phenoxy) is 3. The van der Waals surface area contributed by atoms with E-state index in [0.717, 1.165) is 19.4 Å². The zero-order chi connectivity index (χ0) is 18.4. The summed E-state index contributed by atoms with van der Waals surface area (Å²) in [5, 5.41) is 0. The van der Waals surface area contributed by atoms with E-state index in [2.05, 4.69) is 30.7 Å². The molecule has 0 saturated carbocycles. The van der Waals surface area contributed by atoms with Crippen molar-refractivity contribution >= 4 is 5.97 Å². The lowest BCUT2D eigenvalue weighted by Crippen LogP contribution is -2.38.